The number of nitrogens with one attached hydrogen (secondary N) is 2. The van der Waals surface area contributed by atoms with E-state index in [1.807, 2.05) is 85.8 Å². The number of carbonyl (C=O) groups excluding carboxylic acids is 1. The fourth-order valence-corrected chi connectivity index (χ4v) is 2.80. The van der Waals surface area contributed by atoms with Crippen LogP contribution < -0.4 is 15.4 Å². The molecule has 6 heteroatoms. The smallest absolute Gasteiger partial charge is 0.274 e. The third-order valence-corrected chi connectivity index (χ3v) is 4.37. The van der Waals surface area contributed by atoms with Crippen LogP contribution >= 0.6 is 0 Å². The lowest BCUT2D eigenvalue weighted by Gasteiger charge is -2.10. The summed E-state index contributed by atoms with van der Waals surface area (Å²) in [7, 11) is 0. The Morgan fingerprint density at radius 3 is 2.30 bits per heavy atom. The van der Waals surface area contributed by atoms with Crippen LogP contribution in [-0.4, -0.2) is 15.9 Å². The van der Waals surface area contributed by atoms with Gasteiger partial charge in [0.25, 0.3) is 5.91 Å². The number of anilines is 3. The van der Waals surface area contributed by atoms with E-state index in [9.17, 15) is 4.79 Å². The Hall–Kier alpha value is -4.19. The number of benzene rings is 3. The van der Waals surface area contributed by atoms with E-state index >= 15 is 0 Å². The second-order valence-electron chi connectivity index (χ2n) is 6.60. The first kappa shape index (κ1) is 19.1. The molecule has 0 saturated heterocycles. The zero-order chi connectivity index (χ0) is 20.8. The molecule has 0 aliphatic rings. The minimum atomic E-state index is -0.290. The molecular formula is C24H20N4O2. The van der Waals surface area contributed by atoms with Crippen LogP contribution in [0, 0.1) is 6.92 Å². The molecule has 0 spiro atoms. The zero-order valence-corrected chi connectivity index (χ0v) is 16.4. The molecule has 0 aliphatic heterocycles. The van der Waals surface area contributed by atoms with E-state index in [0.29, 0.717) is 5.95 Å². The quantitative estimate of drug-likeness (QED) is 0.445. The van der Waals surface area contributed by atoms with Gasteiger partial charge in [-0.05, 0) is 61.0 Å². The standard InChI is InChI=1S/C24H20N4O2/c1-17-7-5-6-10-21(17)27-23(29)22-15-16-25-24(28-22)26-18-11-13-20(14-12-18)30-19-8-3-2-4-9-19/h2-16H,1H3,(H,27,29)(H,25,26,28). The molecule has 6 nitrogen and oxygen atoms in total. The van der Waals surface area contributed by atoms with Gasteiger partial charge in [-0.2, -0.15) is 0 Å². The van der Waals surface area contributed by atoms with Gasteiger partial charge in [-0.25, -0.2) is 9.97 Å². The lowest BCUT2D eigenvalue weighted by molar-refractivity contribution is 0.102. The molecule has 30 heavy (non-hydrogen) atoms. The van der Waals surface area contributed by atoms with Crippen molar-refractivity contribution in [2.45, 2.75) is 6.92 Å². The number of ether oxygens (including phenoxy) is 1. The fourth-order valence-electron chi connectivity index (χ4n) is 2.80. The van der Waals surface area contributed by atoms with Crippen molar-refractivity contribution in [3.63, 3.8) is 0 Å². The molecular weight excluding hydrogens is 376 g/mol. The van der Waals surface area contributed by atoms with Crippen molar-refractivity contribution in [1.82, 2.24) is 9.97 Å². The first-order chi connectivity index (χ1) is 14.7. The number of aromatic nitrogens is 2. The largest absolute Gasteiger partial charge is 0.457 e. The van der Waals surface area contributed by atoms with Crippen molar-refractivity contribution >= 4 is 23.2 Å². The monoisotopic (exact) mass is 396 g/mol. The van der Waals surface area contributed by atoms with Gasteiger partial charge in [-0.15, -0.1) is 0 Å². The lowest BCUT2D eigenvalue weighted by Crippen LogP contribution is -2.15. The van der Waals surface area contributed by atoms with Gasteiger partial charge in [-0.3, -0.25) is 4.79 Å². The van der Waals surface area contributed by atoms with Gasteiger partial charge >= 0.3 is 0 Å². The molecule has 3 aromatic carbocycles. The summed E-state index contributed by atoms with van der Waals surface area (Å²) in [5.41, 5.74) is 2.80. The molecule has 4 rings (SSSR count). The topological polar surface area (TPSA) is 76.1 Å². The maximum absolute atomic E-state index is 12.5. The number of hydrogen-bond donors (Lipinski definition) is 2. The van der Waals surface area contributed by atoms with Crippen LogP contribution in [0.4, 0.5) is 17.3 Å². The fraction of sp³-hybridized carbons (Fsp3) is 0.0417. The molecule has 1 amide bonds. The molecule has 0 bridgehead atoms. The molecule has 2 N–H and O–H groups in total. The summed E-state index contributed by atoms with van der Waals surface area (Å²) in [6.45, 7) is 1.94. The minimum Gasteiger partial charge on any atom is -0.457 e. The molecule has 0 fully saturated rings. The van der Waals surface area contributed by atoms with Gasteiger partial charge in [0.2, 0.25) is 5.95 Å². The van der Waals surface area contributed by atoms with Crippen LogP contribution in [0.1, 0.15) is 16.1 Å². The Bertz CT molecular complexity index is 1150. The average molecular weight is 396 g/mol. The predicted molar refractivity (Wildman–Crippen MR) is 117 cm³/mol. The minimum absolute atomic E-state index is 0.278. The number of nitrogens with zero attached hydrogens (tertiary/aromatic N) is 2. The summed E-state index contributed by atoms with van der Waals surface area (Å²) in [5.74, 6) is 1.54. The molecule has 1 aromatic heterocycles. The highest BCUT2D eigenvalue weighted by Gasteiger charge is 2.10. The summed E-state index contributed by atoms with van der Waals surface area (Å²) in [6.07, 6.45) is 1.55. The lowest BCUT2D eigenvalue weighted by atomic mass is 10.2. The van der Waals surface area contributed by atoms with E-state index in [2.05, 4.69) is 20.6 Å². The predicted octanol–water partition coefficient (Wildman–Crippen LogP) is 5.57. The van der Waals surface area contributed by atoms with Gasteiger partial charge in [0.15, 0.2) is 0 Å². The van der Waals surface area contributed by atoms with Crippen LogP contribution in [0.15, 0.2) is 91.1 Å². The highest BCUT2D eigenvalue weighted by molar-refractivity contribution is 6.03. The highest BCUT2D eigenvalue weighted by atomic mass is 16.5. The van der Waals surface area contributed by atoms with E-state index in [-0.39, 0.29) is 11.6 Å². The van der Waals surface area contributed by atoms with Crippen LogP contribution in [-0.2, 0) is 0 Å². The van der Waals surface area contributed by atoms with Crippen molar-refractivity contribution in [1.29, 1.82) is 0 Å². The first-order valence-corrected chi connectivity index (χ1v) is 9.47. The van der Waals surface area contributed by atoms with Gasteiger partial charge in [0.1, 0.15) is 17.2 Å². The van der Waals surface area contributed by atoms with Crippen molar-refractivity contribution in [2.75, 3.05) is 10.6 Å². The summed E-state index contributed by atoms with van der Waals surface area (Å²) in [4.78, 5) is 21.1. The number of aryl methyl sites for hydroxylation is 1. The van der Waals surface area contributed by atoms with Gasteiger partial charge in [0, 0.05) is 17.6 Å². The number of carbonyl (C=O) groups is 1. The first-order valence-electron chi connectivity index (χ1n) is 9.47. The Morgan fingerprint density at radius 2 is 1.53 bits per heavy atom. The van der Waals surface area contributed by atoms with Gasteiger partial charge in [-0.1, -0.05) is 36.4 Å². The van der Waals surface area contributed by atoms with Crippen molar-refractivity contribution in [3.05, 3.63) is 102 Å². The number of para-hydroxylation sites is 2. The van der Waals surface area contributed by atoms with Crippen LogP contribution in [0.3, 0.4) is 0 Å². The Kier molecular flexibility index (Phi) is 5.66. The third-order valence-electron chi connectivity index (χ3n) is 4.37. The summed E-state index contributed by atoms with van der Waals surface area (Å²) >= 11 is 0. The second-order valence-corrected chi connectivity index (χ2v) is 6.60. The zero-order valence-electron chi connectivity index (χ0n) is 16.4. The SMILES string of the molecule is Cc1ccccc1NC(=O)c1ccnc(Nc2ccc(Oc3ccccc3)cc2)n1. The van der Waals surface area contributed by atoms with Crippen molar-refractivity contribution in [2.24, 2.45) is 0 Å². The number of rotatable bonds is 6. The third kappa shape index (κ3) is 4.80. The maximum atomic E-state index is 12.5. The maximum Gasteiger partial charge on any atom is 0.274 e. The average Bonchev–Trinajstić information content (AvgIpc) is 2.78. The Labute approximate surface area is 174 Å². The van der Waals surface area contributed by atoms with E-state index in [1.165, 1.54) is 0 Å². The highest BCUT2D eigenvalue weighted by Crippen LogP contribution is 2.23. The molecule has 0 aliphatic carbocycles. The van der Waals surface area contributed by atoms with Crippen LogP contribution in [0.25, 0.3) is 0 Å². The summed E-state index contributed by atoms with van der Waals surface area (Å²) in [6, 6.07) is 26.2. The number of hydrogen-bond acceptors (Lipinski definition) is 5. The van der Waals surface area contributed by atoms with Crippen LogP contribution in [0.2, 0.25) is 0 Å². The normalized spacial score (nSPS) is 10.3. The van der Waals surface area contributed by atoms with Crippen LogP contribution in [0.5, 0.6) is 11.5 Å². The number of amides is 1. The van der Waals surface area contributed by atoms with Gasteiger partial charge in [0.05, 0.1) is 0 Å². The summed E-state index contributed by atoms with van der Waals surface area (Å²) in [5, 5.41) is 5.98. The molecule has 0 radical (unpaired) electrons. The Balaban J connectivity index is 1.43. The molecule has 148 valence electrons. The molecule has 4 aromatic rings. The second kappa shape index (κ2) is 8.87. The molecule has 1 heterocycles. The van der Waals surface area contributed by atoms with Gasteiger partial charge < -0.3 is 15.4 Å². The van der Waals surface area contributed by atoms with E-state index in [1.54, 1.807) is 12.3 Å². The molecule has 0 atom stereocenters. The summed E-state index contributed by atoms with van der Waals surface area (Å²) < 4.78 is 5.79. The molecule has 0 unspecified atom stereocenters. The van der Waals surface area contributed by atoms with Crippen molar-refractivity contribution < 1.29 is 9.53 Å². The van der Waals surface area contributed by atoms with E-state index in [0.717, 1.165) is 28.4 Å². The Morgan fingerprint density at radius 1 is 0.833 bits per heavy atom. The van der Waals surface area contributed by atoms with E-state index < -0.39 is 0 Å². The van der Waals surface area contributed by atoms with E-state index in [4.69, 9.17) is 4.74 Å². The molecule has 0 saturated carbocycles. The van der Waals surface area contributed by atoms with Crippen molar-refractivity contribution in [3.8, 4) is 11.5 Å².